The fourth-order valence-corrected chi connectivity index (χ4v) is 3.47. The zero-order valence-electron chi connectivity index (χ0n) is 16.4. The van der Waals surface area contributed by atoms with Gasteiger partial charge in [0.15, 0.2) is 0 Å². The monoisotopic (exact) mass is 446 g/mol. The van der Waals surface area contributed by atoms with Crippen LogP contribution in [0.2, 0.25) is 5.02 Å². The summed E-state index contributed by atoms with van der Waals surface area (Å²) >= 11 is 6.12. The van der Waals surface area contributed by atoms with Gasteiger partial charge in [0.25, 0.3) is 5.56 Å². The number of alkyl halides is 3. The number of nitrogens with zero attached hydrogens (tertiary/aromatic N) is 4. The van der Waals surface area contributed by atoms with Crippen LogP contribution in [-0.2, 0) is 13.6 Å². The fraction of sp³-hybridized carbons (Fsp3) is 0.526. The molecule has 30 heavy (non-hydrogen) atoms. The van der Waals surface area contributed by atoms with Crippen LogP contribution in [-0.4, -0.2) is 39.7 Å². The van der Waals surface area contributed by atoms with E-state index >= 15 is 0 Å². The van der Waals surface area contributed by atoms with E-state index in [2.05, 4.69) is 5.10 Å². The van der Waals surface area contributed by atoms with Crippen LogP contribution in [0.1, 0.15) is 25.7 Å². The fourth-order valence-electron chi connectivity index (χ4n) is 3.29. The first-order chi connectivity index (χ1) is 14.2. The Kier molecular flexibility index (Phi) is 6.74. The lowest BCUT2D eigenvalue weighted by molar-refractivity contribution is -0.136. The Labute approximate surface area is 175 Å². The number of hydrogen-bond acceptors (Lipinski definition) is 5. The standard InChI is InChI=1S/C19H22ClF3N4O3/c1-25-17(28)16(24-27(18(25)29)10-4-9-19(21,22)23)26-11-7-13(8-12-26)30-15-6-3-2-5-14(15)20/h2-3,5-6,13H,4,7-12H2,1H3. The molecule has 0 amide bonds. The van der Waals surface area contributed by atoms with E-state index in [0.29, 0.717) is 36.7 Å². The van der Waals surface area contributed by atoms with Crippen molar-refractivity contribution in [3.8, 4) is 5.75 Å². The SMILES string of the molecule is Cn1c(=O)c(N2CCC(Oc3ccccc3Cl)CC2)nn(CCCC(F)(F)F)c1=O. The minimum atomic E-state index is -4.31. The first kappa shape index (κ1) is 22.2. The number of para-hydroxylation sites is 1. The largest absolute Gasteiger partial charge is 0.489 e. The topological polar surface area (TPSA) is 69.4 Å². The van der Waals surface area contributed by atoms with Gasteiger partial charge in [-0.3, -0.25) is 9.36 Å². The Morgan fingerprint density at radius 3 is 2.50 bits per heavy atom. The molecule has 7 nitrogen and oxygen atoms in total. The molecule has 0 aliphatic carbocycles. The van der Waals surface area contributed by atoms with Crippen molar-refractivity contribution in [3.63, 3.8) is 0 Å². The lowest BCUT2D eigenvalue weighted by atomic mass is 10.1. The molecular weight excluding hydrogens is 425 g/mol. The Balaban J connectivity index is 1.69. The minimum absolute atomic E-state index is 0.0558. The molecule has 1 saturated heterocycles. The van der Waals surface area contributed by atoms with Gasteiger partial charge in [0.1, 0.15) is 11.9 Å². The van der Waals surface area contributed by atoms with Gasteiger partial charge in [-0.05, 0) is 18.6 Å². The Morgan fingerprint density at radius 2 is 1.87 bits per heavy atom. The summed E-state index contributed by atoms with van der Waals surface area (Å²) in [7, 11) is 1.30. The van der Waals surface area contributed by atoms with Crippen molar-refractivity contribution >= 4 is 17.4 Å². The molecule has 2 heterocycles. The van der Waals surface area contributed by atoms with E-state index < -0.39 is 23.8 Å². The zero-order valence-corrected chi connectivity index (χ0v) is 17.1. The normalized spacial score (nSPS) is 15.4. The van der Waals surface area contributed by atoms with Gasteiger partial charge in [0.05, 0.1) is 5.02 Å². The van der Waals surface area contributed by atoms with E-state index in [1.165, 1.54) is 7.05 Å². The van der Waals surface area contributed by atoms with Crippen LogP contribution in [0.15, 0.2) is 33.9 Å². The zero-order chi connectivity index (χ0) is 21.9. The van der Waals surface area contributed by atoms with Gasteiger partial charge in [-0.2, -0.15) is 13.2 Å². The predicted molar refractivity (Wildman–Crippen MR) is 106 cm³/mol. The second-order valence-corrected chi connectivity index (χ2v) is 7.55. The van der Waals surface area contributed by atoms with Crippen molar-refractivity contribution in [2.75, 3.05) is 18.0 Å². The number of halogens is 4. The maximum atomic E-state index is 12.5. The van der Waals surface area contributed by atoms with Gasteiger partial charge in [-0.25, -0.2) is 9.48 Å². The van der Waals surface area contributed by atoms with Crippen LogP contribution in [0, 0.1) is 0 Å². The van der Waals surface area contributed by atoms with E-state index in [0.717, 1.165) is 9.25 Å². The predicted octanol–water partition coefficient (Wildman–Crippen LogP) is 2.99. The Morgan fingerprint density at radius 1 is 1.20 bits per heavy atom. The van der Waals surface area contributed by atoms with Crippen molar-refractivity contribution in [3.05, 3.63) is 50.1 Å². The summed E-state index contributed by atoms with van der Waals surface area (Å²) in [6.07, 6.45) is -4.52. The van der Waals surface area contributed by atoms with E-state index in [4.69, 9.17) is 16.3 Å². The molecule has 0 bridgehead atoms. The molecule has 1 aliphatic heterocycles. The number of benzene rings is 1. The van der Waals surface area contributed by atoms with Crippen LogP contribution in [0.4, 0.5) is 19.0 Å². The summed E-state index contributed by atoms with van der Waals surface area (Å²) in [4.78, 5) is 26.4. The third-order valence-electron chi connectivity index (χ3n) is 4.92. The van der Waals surface area contributed by atoms with Crippen LogP contribution in [0.3, 0.4) is 0 Å². The van der Waals surface area contributed by atoms with Crippen molar-refractivity contribution < 1.29 is 17.9 Å². The summed E-state index contributed by atoms with van der Waals surface area (Å²) in [6.45, 7) is 0.696. The molecule has 0 N–H and O–H groups in total. The van der Waals surface area contributed by atoms with Gasteiger partial charge in [-0.1, -0.05) is 23.7 Å². The summed E-state index contributed by atoms with van der Waals surface area (Å²) in [5.41, 5.74) is -1.31. The van der Waals surface area contributed by atoms with Crippen LogP contribution >= 0.6 is 11.6 Å². The van der Waals surface area contributed by atoms with Gasteiger partial charge in [0, 0.05) is 45.9 Å². The van der Waals surface area contributed by atoms with Crippen LogP contribution < -0.4 is 20.9 Å². The molecule has 0 unspecified atom stereocenters. The molecule has 0 saturated carbocycles. The average molecular weight is 447 g/mol. The molecule has 164 valence electrons. The highest BCUT2D eigenvalue weighted by atomic mass is 35.5. The van der Waals surface area contributed by atoms with Gasteiger partial charge in [0.2, 0.25) is 5.82 Å². The Hall–Kier alpha value is -2.49. The lowest BCUT2D eigenvalue weighted by Gasteiger charge is -2.32. The van der Waals surface area contributed by atoms with Crippen molar-refractivity contribution in [1.82, 2.24) is 14.3 Å². The Bertz CT molecular complexity index is 998. The summed E-state index contributed by atoms with van der Waals surface area (Å²) < 4.78 is 44.9. The first-order valence-corrected chi connectivity index (χ1v) is 9.94. The molecule has 1 fully saturated rings. The molecule has 3 rings (SSSR count). The third kappa shape index (κ3) is 5.35. The first-order valence-electron chi connectivity index (χ1n) is 9.57. The molecule has 1 aliphatic rings. The van der Waals surface area contributed by atoms with Gasteiger partial charge < -0.3 is 9.64 Å². The van der Waals surface area contributed by atoms with E-state index in [9.17, 15) is 22.8 Å². The molecule has 0 radical (unpaired) electrons. The highest BCUT2D eigenvalue weighted by Crippen LogP contribution is 2.27. The van der Waals surface area contributed by atoms with Crippen LogP contribution in [0.25, 0.3) is 0 Å². The number of aryl methyl sites for hydroxylation is 1. The van der Waals surface area contributed by atoms with Crippen molar-refractivity contribution in [1.29, 1.82) is 0 Å². The van der Waals surface area contributed by atoms with Crippen LogP contribution in [0.5, 0.6) is 5.75 Å². The number of aromatic nitrogens is 3. The number of ether oxygens (including phenoxy) is 1. The second kappa shape index (κ2) is 9.11. The molecule has 0 atom stereocenters. The molecule has 1 aromatic heterocycles. The number of rotatable bonds is 6. The molecule has 1 aromatic carbocycles. The molecule has 2 aromatic rings. The summed E-state index contributed by atoms with van der Waals surface area (Å²) in [5, 5.41) is 4.58. The highest BCUT2D eigenvalue weighted by molar-refractivity contribution is 6.32. The molecule has 0 spiro atoms. The maximum Gasteiger partial charge on any atom is 0.389 e. The van der Waals surface area contributed by atoms with Crippen molar-refractivity contribution in [2.24, 2.45) is 7.05 Å². The third-order valence-corrected chi connectivity index (χ3v) is 5.23. The highest BCUT2D eigenvalue weighted by Gasteiger charge is 2.27. The maximum absolute atomic E-state index is 12.5. The quantitative estimate of drug-likeness (QED) is 0.682. The van der Waals surface area contributed by atoms with E-state index in [-0.39, 0.29) is 24.9 Å². The van der Waals surface area contributed by atoms with E-state index in [1.54, 1.807) is 17.0 Å². The molecular formula is C19H22ClF3N4O3. The molecule has 11 heteroatoms. The minimum Gasteiger partial charge on any atom is -0.489 e. The van der Waals surface area contributed by atoms with Crippen molar-refractivity contribution in [2.45, 2.75) is 44.5 Å². The summed E-state index contributed by atoms with van der Waals surface area (Å²) in [5.74, 6) is 0.644. The average Bonchev–Trinajstić information content (AvgIpc) is 2.69. The number of hydrogen-bond donors (Lipinski definition) is 0. The second-order valence-electron chi connectivity index (χ2n) is 7.15. The number of anilines is 1. The summed E-state index contributed by atoms with van der Waals surface area (Å²) in [6, 6.07) is 7.15. The van der Waals surface area contributed by atoms with Gasteiger partial charge in [-0.15, -0.1) is 5.10 Å². The van der Waals surface area contributed by atoms with E-state index in [1.807, 2.05) is 12.1 Å². The smallest absolute Gasteiger partial charge is 0.389 e. The van der Waals surface area contributed by atoms with Gasteiger partial charge >= 0.3 is 11.9 Å². The lowest BCUT2D eigenvalue weighted by Crippen LogP contribution is -2.47. The number of piperidine rings is 1.